The van der Waals surface area contributed by atoms with Crippen molar-refractivity contribution >= 4 is 23.2 Å². The van der Waals surface area contributed by atoms with Gasteiger partial charge in [0.1, 0.15) is 0 Å². The second-order valence-corrected chi connectivity index (χ2v) is 7.88. The van der Waals surface area contributed by atoms with E-state index in [2.05, 4.69) is 56.8 Å². The second kappa shape index (κ2) is 3.22. The zero-order valence-corrected chi connectivity index (χ0v) is 12.1. The number of fused-ring (bicyclic) bond motifs is 6. The average Bonchev–Trinajstić information content (AvgIpc) is 2.68. The molecule has 2 aliphatic carbocycles. The molecule has 2 bridgehead atoms. The number of hydrogen-bond donors (Lipinski definition) is 0. The van der Waals surface area contributed by atoms with E-state index in [1.165, 1.54) is 29.1 Å². The molecular formula is C16H19NS. The Bertz CT molecular complexity index is 560. The van der Waals surface area contributed by atoms with Crippen LogP contribution in [0.25, 0.3) is 0 Å². The molecular weight excluding hydrogens is 238 g/mol. The van der Waals surface area contributed by atoms with E-state index >= 15 is 0 Å². The van der Waals surface area contributed by atoms with Crippen molar-refractivity contribution < 1.29 is 0 Å². The van der Waals surface area contributed by atoms with Gasteiger partial charge in [0.25, 0.3) is 0 Å². The van der Waals surface area contributed by atoms with Crippen LogP contribution in [0.4, 0.5) is 5.69 Å². The first-order chi connectivity index (χ1) is 8.54. The maximum atomic E-state index is 5.03. The minimum Gasteiger partial charge on any atom is -0.255 e. The van der Waals surface area contributed by atoms with E-state index in [1.54, 1.807) is 0 Å². The van der Waals surface area contributed by atoms with Gasteiger partial charge in [0, 0.05) is 16.5 Å². The van der Waals surface area contributed by atoms with Crippen LogP contribution in [0, 0.1) is 16.7 Å². The van der Waals surface area contributed by atoms with E-state index in [1.807, 2.05) is 0 Å². The summed E-state index contributed by atoms with van der Waals surface area (Å²) in [6.45, 7) is 7.40. The van der Waals surface area contributed by atoms with E-state index < -0.39 is 0 Å². The van der Waals surface area contributed by atoms with Crippen molar-refractivity contribution in [3.63, 3.8) is 0 Å². The Kier molecular flexibility index (Phi) is 1.98. The molecule has 0 N–H and O–H groups in total. The van der Waals surface area contributed by atoms with Crippen LogP contribution in [0.5, 0.6) is 0 Å². The van der Waals surface area contributed by atoms with Gasteiger partial charge in [-0.3, -0.25) is 4.99 Å². The quantitative estimate of drug-likeness (QED) is 0.657. The predicted molar refractivity (Wildman–Crippen MR) is 77.8 cm³/mol. The average molecular weight is 257 g/mol. The third kappa shape index (κ3) is 1.09. The van der Waals surface area contributed by atoms with Crippen LogP contribution < -0.4 is 0 Å². The van der Waals surface area contributed by atoms with Crippen LogP contribution in [-0.4, -0.2) is 11.0 Å². The number of thioether (sulfide) groups is 1. The summed E-state index contributed by atoms with van der Waals surface area (Å²) in [6, 6.07) is 8.62. The van der Waals surface area contributed by atoms with Crippen molar-refractivity contribution in [2.75, 3.05) is 0 Å². The molecule has 2 fully saturated rings. The van der Waals surface area contributed by atoms with Crippen LogP contribution in [0.2, 0.25) is 0 Å². The number of nitrogens with zero attached hydrogens (tertiary/aromatic N) is 1. The smallest absolute Gasteiger partial charge is 0.0765 e. The van der Waals surface area contributed by atoms with Crippen molar-refractivity contribution in [3.8, 4) is 0 Å². The lowest BCUT2D eigenvalue weighted by molar-refractivity contribution is 0.157. The minimum atomic E-state index is 0.408. The third-order valence-corrected chi connectivity index (χ3v) is 7.46. The zero-order chi connectivity index (χ0) is 12.5. The molecule has 0 saturated heterocycles. The highest BCUT2D eigenvalue weighted by Gasteiger charge is 2.65. The number of hydrogen-bond acceptors (Lipinski definition) is 2. The Labute approximate surface area is 113 Å². The van der Waals surface area contributed by atoms with Crippen molar-refractivity contribution in [2.24, 2.45) is 21.7 Å². The monoisotopic (exact) mass is 257 g/mol. The van der Waals surface area contributed by atoms with Gasteiger partial charge in [-0.15, -0.1) is 11.8 Å². The highest BCUT2D eigenvalue weighted by Crippen LogP contribution is 2.69. The first kappa shape index (κ1) is 11.1. The fraction of sp³-hybridized carbons (Fsp3) is 0.562. The molecule has 1 heterocycles. The molecule has 1 aliphatic heterocycles. The SMILES string of the molecule is CC1(C)[C@@H]2CC[C@]1(C)[C@H]1Sc3ccccc3N=C21. The van der Waals surface area contributed by atoms with Gasteiger partial charge in [-0.1, -0.05) is 32.9 Å². The first-order valence-corrected chi connectivity index (χ1v) is 7.76. The predicted octanol–water partition coefficient (Wildman–Crippen LogP) is 4.69. The van der Waals surface area contributed by atoms with Gasteiger partial charge in [-0.25, -0.2) is 0 Å². The molecule has 3 atom stereocenters. The lowest BCUT2D eigenvalue weighted by atomic mass is 9.71. The normalized spacial score (nSPS) is 39.2. The van der Waals surface area contributed by atoms with Gasteiger partial charge in [-0.2, -0.15) is 0 Å². The van der Waals surface area contributed by atoms with Gasteiger partial charge in [0.15, 0.2) is 0 Å². The summed E-state index contributed by atoms with van der Waals surface area (Å²) in [5.74, 6) is 0.702. The van der Waals surface area contributed by atoms with Gasteiger partial charge in [0.05, 0.1) is 10.9 Å². The van der Waals surface area contributed by atoms with Crippen molar-refractivity contribution in [2.45, 2.75) is 43.8 Å². The Morgan fingerprint density at radius 2 is 2.00 bits per heavy atom. The molecule has 1 nitrogen and oxygen atoms in total. The van der Waals surface area contributed by atoms with E-state index in [0.29, 0.717) is 22.0 Å². The standard InChI is InChI=1S/C16H19NS/c1-15(2)10-8-9-16(15,3)14-13(10)17-11-6-4-5-7-12(11)18-14/h4-7,10,14H,8-9H2,1-3H3/t10-,14+,16-/m1/s1. The lowest BCUT2D eigenvalue weighted by Crippen LogP contribution is -2.36. The van der Waals surface area contributed by atoms with E-state index in [9.17, 15) is 0 Å². The minimum absolute atomic E-state index is 0.408. The van der Waals surface area contributed by atoms with Crippen LogP contribution in [0.3, 0.4) is 0 Å². The number of rotatable bonds is 0. The molecule has 0 amide bonds. The van der Waals surface area contributed by atoms with E-state index in [-0.39, 0.29) is 0 Å². The topological polar surface area (TPSA) is 12.4 Å². The molecule has 1 aromatic carbocycles. The maximum Gasteiger partial charge on any atom is 0.0765 e. The Morgan fingerprint density at radius 1 is 1.22 bits per heavy atom. The fourth-order valence-corrected chi connectivity index (χ4v) is 5.93. The molecule has 94 valence electrons. The molecule has 0 unspecified atom stereocenters. The van der Waals surface area contributed by atoms with Crippen LogP contribution in [0.15, 0.2) is 34.2 Å². The van der Waals surface area contributed by atoms with Crippen molar-refractivity contribution in [3.05, 3.63) is 24.3 Å². The summed E-state index contributed by atoms with van der Waals surface area (Å²) in [4.78, 5) is 6.40. The molecule has 1 aromatic rings. The summed E-state index contributed by atoms with van der Waals surface area (Å²) >= 11 is 2.06. The Hall–Kier alpha value is -0.760. The second-order valence-electron chi connectivity index (χ2n) is 6.73. The number of para-hydroxylation sites is 1. The largest absolute Gasteiger partial charge is 0.255 e. The van der Waals surface area contributed by atoms with Crippen LogP contribution >= 0.6 is 11.8 Å². The van der Waals surface area contributed by atoms with E-state index in [0.717, 1.165) is 0 Å². The first-order valence-electron chi connectivity index (χ1n) is 6.88. The van der Waals surface area contributed by atoms with Gasteiger partial charge < -0.3 is 0 Å². The highest BCUT2D eigenvalue weighted by atomic mass is 32.2. The van der Waals surface area contributed by atoms with Crippen molar-refractivity contribution in [1.29, 1.82) is 0 Å². The van der Waals surface area contributed by atoms with E-state index in [4.69, 9.17) is 4.99 Å². The van der Waals surface area contributed by atoms with Crippen LogP contribution in [0.1, 0.15) is 33.6 Å². The molecule has 0 radical (unpaired) electrons. The maximum absolute atomic E-state index is 5.03. The summed E-state index contributed by atoms with van der Waals surface area (Å²) in [6.07, 6.45) is 2.70. The van der Waals surface area contributed by atoms with Gasteiger partial charge in [0.2, 0.25) is 0 Å². The van der Waals surface area contributed by atoms with Gasteiger partial charge >= 0.3 is 0 Å². The number of aliphatic imine (C=N–C) groups is 1. The third-order valence-electron chi connectivity index (χ3n) is 5.86. The summed E-state index contributed by atoms with van der Waals surface area (Å²) in [7, 11) is 0. The fourth-order valence-electron chi connectivity index (χ4n) is 4.26. The molecule has 4 rings (SSSR count). The Morgan fingerprint density at radius 3 is 2.83 bits per heavy atom. The lowest BCUT2D eigenvalue weighted by Gasteiger charge is -2.39. The van der Waals surface area contributed by atoms with Gasteiger partial charge in [-0.05, 0) is 35.8 Å². The molecule has 2 heteroatoms. The Balaban J connectivity index is 1.90. The number of benzene rings is 1. The van der Waals surface area contributed by atoms with Crippen LogP contribution in [-0.2, 0) is 0 Å². The summed E-state index contributed by atoms with van der Waals surface area (Å²) < 4.78 is 0. The molecule has 0 spiro atoms. The molecule has 0 aromatic heterocycles. The molecule has 18 heavy (non-hydrogen) atoms. The molecule has 3 aliphatic rings. The molecule has 2 saturated carbocycles. The summed E-state index contributed by atoms with van der Waals surface area (Å²) in [5.41, 5.74) is 3.51. The summed E-state index contributed by atoms with van der Waals surface area (Å²) in [5, 5.41) is 0.612. The zero-order valence-electron chi connectivity index (χ0n) is 11.2. The highest BCUT2D eigenvalue weighted by molar-refractivity contribution is 8.01. The van der Waals surface area contributed by atoms with Crippen molar-refractivity contribution in [1.82, 2.24) is 0 Å².